The lowest BCUT2D eigenvalue weighted by atomic mass is 10.2. The summed E-state index contributed by atoms with van der Waals surface area (Å²) in [5.74, 6) is 2.38. The van der Waals surface area contributed by atoms with Gasteiger partial charge in [-0.25, -0.2) is 4.98 Å². The van der Waals surface area contributed by atoms with Gasteiger partial charge >= 0.3 is 0 Å². The number of aromatic amines is 1. The van der Waals surface area contributed by atoms with E-state index >= 15 is 0 Å². The zero-order valence-electron chi connectivity index (χ0n) is 16.5. The molecular weight excluding hydrogens is 372 g/mol. The monoisotopic (exact) mass is 392 g/mol. The van der Waals surface area contributed by atoms with Gasteiger partial charge in [-0.05, 0) is 48.9 Å². The van der Waals surface area contributed by atoms with Crippen molar-refractivity contribution in [2.75, 3.05) is 21.3 Å². The van der Waals surface area contributed by atoms with Crippen molar-refractivity contribution in [3.05, 3.63) is 58.1 Å². The summed E-state index contributed by atoms with van der Waals surface area (Å²) in [7, 11) is 4.74. The van der Waals surface area contributed by atoms with Crippen molar-refractivity contribution in [1.29, 1.82) is 0 Å². The highest BCUT2D eigenvalue weighted by atomic mass is 16.5. The first kappa shape index (κ1) is 18.5. The number of rotatable bonds is 5. The Balaban J connectivity index is 1.81. The van der Waals surface area contributed by atoms with Crippen LogP contribution in [0.5, 0.6) is 17.2 Å². The standard InChI is InChI=1S/C21H20N4O4/c1-12-23-19-15-10-14(27-2)6-7-16(15)24-20(19)21(26)25(12)22-11-13-5-8-17(28-3)18(9-13)29-4/h5-11,24H,1-4H3. The summed E-state index contributed by atoms with van der Waals surface area (Å²) in [5, 5.41) is 5.17. The lowest BCUT2D eigenvalue weighted by Gasteiger charge is -2.07. The highest BCUT2D eigenvalue weighted by molar-refractivity contribution is 6.05. The smallest absolute Gasteiger partial charge is 0.298 e. The lowest BCUT2D eigenvalue weighted by Crippen LogP contribution is -2.20. The van der Waals surface area contributed by atoms with E-state index in [1.54, 1.807) is 46.6 Å². The molecule has 2 heterocycles. The van der Waals surface area contributed by atoms with E-state index in [1.165, 1.54) is 4.68 Å². The number of fused-ring (bicyclic) bond motifs is 3. The maximum Gasteiger partial charge on any atom is 0.298 e. The van der Waals surface area contributed by atoms with E-state index in [0.717, 1.165) is 16.5 Å². The molecule has 0 unspecified atom stereocenters. The van der Waals surface area contributed by atoms with Crippen molar-refractivity contribution in [3.63, 3.8) is 0 Å². The zero-order chi connectivity index (χ0) is 20.5. The number of aryl methyl sites for hydroxylation is 1. The molecule has 0 fully saturated rings. The first-order chi connectivity index (χ1) is 14.0. The Bertz CT molecular complexity index is 1300. The predicted octanol–water partition coefficient (Wildman–Crippen LogP) is 3.09. The molecule has 8 nitrogen and oxygen atoms in total. The number of nitrogens with one attached hydrogen (secondary N) is 1. The van der Waals surface area contributed by atoms with Crippen LogP contribution in [0.25, 0.3) is 21.9 Å². The fraction of sp³-hybridized carbons (Fsp3) is 0.190. The van der Waals surface area contributed by atoms with Gasteiger partial charge < -0.3 is 19.2 Å². The van der Waals surface area contributed by atoms with E-state index in [2.05, 4.69) is 15.1 Å². The Labute approximate surface area is 166 Å². The topological polar surface area (TPSA) is 90.7 Å². The molecule has 0 saturated heterocycles. The highest BCUT2D eigenvalue weighted by Gasteiger charge is 2.14. The summed E-state index contributed by atoms with van der Waals surface area (Å²) >= 11 is 0. The number of hydrogen-bond donors (Lipinski definition) is 1. The third-order valence-electron chi connectivity index (χ3n) is 4.69. The second-order valence-corrected chi connectivity index (χ2v) is 6.40. The van der Waals surface area contributed by atoms with Crippen molar-refractivity contribution in [2.24, 2.45) is 5.10 Å². The van der Waals surface area contributed by atoms with Crippen molar-refractivity contribution >= 4 is 28.2 Å². The lowest BCUT2D eigenvalue weighted by molar-refractivity contribution is 0.355. The van der Waals surface area contributed by atoms with Crippen LogP contribution in [0.1, 0.15) is 11.4 Å². The molecule has 0 amide bonds. The molecule has 0 aliphatic heterocycles. The fourth-order valence-electron chi connectivity index (χ4n) is 3.21. The molecule has 0 aliphatic carbocycles. The largest absolute Gasteiger partial charge is 0.497 e. The quantitative estimate of drug-likeness (QED) is 0.527. The van der Waals surface area contributed by atoms with Crippen LogP contribution in [0.15, 0.2) is 46.3 Å². The third-order valence-corrected chi connectivity index (χ3v) is 4.69. The van der Waals surface area contributed by atoms with Crippen molar-refractivity contribution < 1.29 is 14.2 Å². The molecule has 0 bridgehead atoms. The van der Waals surface area contributed by atoms with Gasteiger partial charge in [-0.1, -0.05) is 0 Å². The van der Waals surface area contributed by atoms with Gasteiger partial charge in [-0.3, -0.25) is 4.79 Å². The van der Waals surface area contributed by atoms with Gasteiger partial charge in [-0.15, -0.1) is 0 Å². The molecule has 8 heteroatoms. The van der Waals surface area contributed by atoms with Crippen LogP contribution in [0, 0.1) is 6.92 Å². The van der Waals surface area contributed by atoms with Crippen molar-refractivity contribution in [3.8, 4) is 17.2 Å². The van der Waals surface area contributed by atoms with Crippen LogP contribution in [0.3, 0.4) is 0 Å². The van der Waals surface area contributed by atoms with Gasteiger partial charge in [-0.2, -0.15) is 9.78 Å². The molecule has 148 valence electrons. The molecule has 4 aromatic rings. The summed E-state index contributed by atoms with van der Waals surface area (Å²) < 4.78 is 17.1. The second kappa shape index (κ2) is 7.31. The van der Waals surface area contributed by atoms with Gasteiger partial charge in [0.2, 0.25) is 0 Å². The molecule has 0 atom stereocenters. The Morgan fingerprint density at radius 3 is 2.55 bits per heavy atom. The minimum Gasteiger partial charge on any atom is -0.497 e. The van der Waals surface area contributed by atoms with Crippen LogP contribution in [0.4, 0.5) is 0 Å². The summed E-state index contributed by atoms with van der Waals surface area (Å²) in [6.07, 6.45) is 1.58. The van der Waals surface area contributed by atoms with E-state index in [9.17, 15) is 4.79 Å². The maximum atomic E-state index is 13.0. The minimum absolute atomic E-state index is 0.278. The normalized spacial score (nSPS) is 11.4. The summed E-state index contributed by atoms with van der Waals surface area (Å²) in [5.41, 5.74) is 2.28. The molecule has 2 aromatic carbocycles. The Morgan fingerprint density at radius 2 is 1.83 bits per heavy atom. The van der Waals surface area contributed by atoms with Gasteiger partial charge in [0.05, 0.1) is 27.5 Å². The fourth-order valence-corrected chi connectivity index (χ4v) is 3.21. The molecule has 0 saturated carbocycles. The molecule has 1 N–H and O–H groups in total. The number of benzene rings is 2. The first-order valence-electron chi connectivity index (χ1n) is 8.91. The average molecular weight is 392 g/mol. The molecule has 2 aromatic heterocycles. The Morgan fingerprint density at radius 1 is 1.03 bits per heavy atom. The number of hydrogen-bond acceptors (Lipinski definition) is 6. The van der Waals surface area contributed by atoms with E-state index in [4.69, 9.17) is 14.2 Å². The Kier molecular flexibility index (Phi) is 4.67. The first-order valence-corrected chi connectivity index (χ1v) is 8.91. The van der Waals surface area contributed by atoms with E-state index in [1.807, 2.05) is 24.3 Å². The van der Waals surface area contributed by atoms with Crippen LogP contribution in [-0.4, -0.2) is 42.2 Å². The van der Waals surface area contributed by atoms with E-state index in [0.29, 0.717) is 34.1 Å². The van der Waals surface area contributed by atoms with Crippen molar-refractivity contribution in [2.45, 2.75) is 6.92 Å². The van der Waals surface area contributed by atoms with Gasteiger partial charge in [0.15, 0.2) is 11.5 Å². The molecule has 4 rings (SSSR count). The van der Waals surface area contributed by atoms with Crippen molar-refractivity contribution in [1.82, 2.24) is 14.6 Å². The number of aromatic nitrogens is 3. The Hall–Kier alpha value is -3.81. The van der Waals surface area contributed by atoms with Crippen LogP contribution in [-0.2, 0) is 0 Å². The summed E-state index contributed by atoms with van der Waals surface area (Å²) in [4.78, 5) is 20.7. The van der Waals surface area contributed by atoms with Crippen LogP contribution >= 0.6 is 0 Å². The minimum atomic E-state index is -0.278. The third kappa shape index (κ3) is 3.18. The molecular formula is C21H20N4O4. The number of ether oxygens (including phenoxy) is 3. The summed E-state index contributed by atoms with van der Waals surface area (Å²) in [6.45, 7) is 1.74. The van der Waals surface area contributed by atoms with Crippen LogP contribution in [0.2, 0.25) is 0 Å². The SMILES string of the molecule is COc1ccc2[nH]c3c(=O)n(N=Cc4ccc(OC)c(OC)c4)c(C)nc3c2c1. The average Bonchev–Trinajstić information content (AvgIpc) is 3.11. The maximum absolute atomic E-state index is 13.0. The van der Waals surface area contributed by atoms with Gasteiger partial charge in [0.1, 0.15) is 22.6 Å². The van der Waals surface area contributed by atoms with E-state index in [-0.39, 0.29) is 5.56 Å². The zero-order valence-corrected chi connectivity index (χ0v) is 16.5. The number of methoxy groups -OCH3 is 3. The molecule has 0 spiro atoms. The second-order valence-electron chi connectivity index (χ2n) is 6.40. The molecule has 0 radical (unpaired) electrons. The van der Waals surface area contributed by atoms with Crippen LogP contribution < -0.4 is 19.8 Å². The number of H-pyrrole nitrogens is 1. The van der Waals surface area contributed by atoms with Gasteiger partial charge in [0, 0.05) is 10.9 Å². The van der Waals surface area contributed by atoms with E-state index < -0.39 is 0 Å². The molecule has 0 aliphatic rings. The highest BCUT2D eigenvalue weighted by Crippen LogP contribution is 2.27. The predicted molar refractivity (Wildman–Crippen MR) is 112 cm³/mol. The number of nitrogens with zero attached hydrogens (tertiary/aromatic N) is 3. The molecule has 29 heavy (non-hydrogen) atoms. The summed E-state index contributed by atoms with van der Waals surface area (Å²) in [6, 6.07) is 10.9. The van der Waals surface area contributed by atoms with Gasteiger partial charge in [0.25, 0.3) is 5.56 Å².